The van der Waals surface area contributed by atoms with Crippen LogP contribution < -0.4 is 10.1 Å². The van der Waals surface area contributed by atoms with E-state index in [2.05, 4.69) is 5.32 Å². The average molecular weight is 397 g/mol. The Kier molecular flexibility index (Phi) is 6.88. The van der Waals surface area contributed by atoms with E-state index >= 15 is 0 Å². The van der Waals surface area contributed by atoms with Crippen molar-refractivity contribution in [3.05, 3.63) is 51.4 Å². The summed E-state index contributed by atoms with van der Waals surface area (Å²) >= 11 is 7.51. The lowest BCUT2D eigenvalue weighted by Gasteiger charge is -2.24. The summed E-state index contributed by atoms with van der Waals surface area (Å²) in [7, 11) is 0. The number of halogens is 2. The SMILES string of the molecule is O=C1CCC(CCNCCOc2ccc(F)cc2)N1Cc1ccc(Cl)s1. The quantitative estimate of drug-likeness (QED) is 0.649. The lowest BCUT2D eigenvalue weighted by atomic mass is 10.1. The van der Waals surface area contributed by atoms with E-state index in [9.17, 15) is 9.18 Å². The van der Waals surface area contributed by atoms with Crippen molar-refractivity contribution in [3.8, 4) is 5.75 Å². The van der Waals surface area contributed by atoms with E-state index in [0.29, 0.717) is 31.9 Å². The number of hydrogen-bond donors (Lipinski definition) is 1. The number of benzene rings is 1. The molecule has 0 bridgehead atoms. The second-order valence-corrected chi connectivity index (χ2v) is 8.06. The maximum atomic E-state index is 12.8. The number of carbonyl (C=O) groups is 1. The van der Waals surface area contributed by atoms with Crippen molar-refractivity contribution in [2.45, 2.75) is 31.8 Å². The number of amides is 1. The van der Waals surface area contributed by atoms with Crippen LogP contribution in [-0.4, -0.2) is 36.5 Å². The summed E-state index contributed by atoms with van der Waals surface area (Å²) in [6.07, 6.45) is 2.45. The van der Waals surface area contributed by atoms with Gasteiger partial charge in [-0.3, -0.25) is 4.79 Å². The monoisotopic (exact) mass is 396 g/mol. The highest BCUT2D eigenvalue weighted by atomic mass is 35.5. The zero-order valence-electron chi connectivity index (χ0n) is 14.4. The van der Waals surface area contributed by atoms with Gasteiger partial charge in [0.25, 0.3) is 0 Å². The number of ether oxygens (including phenoxy) is 1. The Morgan fingerprint density at radius 2 is 2.04 bits per heavy atom. The first-order chi connectivity index (χ1) is 12.6. The van der Waals surface area contributed by atoms with Crippen LogP contribution in [0.5, 0.6) is 5.75 Å². The van der Waals surface area contributed by atoms with Crippen molar-refractivity contribution >= 4 is 28.8 Å². The second kappa shape index (κ2) is 9.35. The third-order valence-corrected chi connectivity index (χ3v) is 5.64. The molecule has 1 aromatic carbocycles. The van der Waals surface area contributed by atoms with Gasteiger partial charge in [0.15, 0.2) is 0 Å². The number of nitrogens with zero attached hydrogens (tertiary/aromatic N) is 1. The molecule has 1 N–H and O–H groups in total. The third-order valence-electron chi connectivity index (χ3n) is 4.42. The largest absolute Gasteiger partial charge is 0.492 e. The lowest BCUT2D eigenvalue weighted by molar-refractivity contribution is -0.129. The summed E-state index contributed by atoms with van der Waals surface area (Å²) in [4.78, 5) is 15.2. The highest BCUT2D eigenvalue weighted by molar-refractivity contribution is 7.16. The van der Waals surface area contributed by atoms with Crippen LogP contribution in [0.15, 0.2) is 36.4 Å². The average Bonchev–Trinajstić information content (AvgIpc) is 3.19. The van der Waals surface area contributed by atoms with Crippen molar-refractivity contribution in [2.24, 2.45) is 0 Å². The molecule has 0 radical (unpaired) electrons. The van der Waals surface area contributed by atoms with Crippen molar-refractivity contribution in [1.82, 2.24) is 10.2 Å². The van der Waals surface area contributed by atoms with Crippen LogP contribution >= 0.6 is 22.9 Å². The molecule has 1 aliphatic rings. The second-order valence-electron chi connectivity index (χ2n) is 6.26. The minimum Gasteiger partial charge on any atom is -0.492 e. The van der Waals surface area contributed by atoms with Crippen LogP contribution in [0.1, 0.15) is 24.1 Å². The van der Waals surface area contributed by atoms with Crippen molar-refractivity contribution in [1.29, 1.82) is 0 Å². The van der Waals surface area contributed by atoms with Crippen molar-refractivity contribution in [3.63, 3.8) is 0 Å². The molecule has 1 saturated heterocycles. The highest BCUT2D eigenvalue weighted by Gasteiger charge is 2.30. The topological polar surface area (TPSA) is 41.6 Å². The maximum absolute atomic E-state index is 12.8. The van der Waals surface area contributed by atoms with Crippen LogP contribution in [0.25, 0.3) is 0 Å². The molecule has 140 valence electrons. The fraction of sp³-hybridized carbons (Fsp3) is 0.421. The fourth-order valence-electron chi connectivity index (χ4n) is 3.08. The van der Waals surface area contributed by atoms with Gasteiger partial charge in [0, 0.05) is 23.9 Å². The minimum atomic E-state index is -0.268. The third kappa shape index (κ3) is 5.43. The molecule has 1 aromatic heterocycles. The molecule has 26 heavy (non-hydrogen) atoms. The van der Waals surface area contributed by atoms with E-state index in [1.54, 1.807) is 12.1 Å². The molecular weight excluding hydrogens is 375 g/mol. The van der Waals surface area contributed by atoms with Gasteiger partial charge in [-0.25, -0.2) is 4.39 Å². The molecule has 0 saturated carbocycles. The van der Waals surface area contributed by atoms with E-state index < -0.39 is 0 Å². The Morgan fingerprint density at radius 1 is 1.23 bits per heavy atom. The molecule has 2 heterocycles. The van der Waals surface area contributed by atoms with E-state index in [1.165, 1.54) is 23.5 Å². The first kappa shape index (κ1) is 19.1. The molecule has 0 aliphatic carbocycles. The lowest BCUT2D eigenvalue weighted by Crippen LogP contribution is -2.35. The molecule has 1 aliphatic heterocycles. The molecule has 1 atom stereocenters. The maximum Gasteiger partial charge on any atom is 0.223 e. The van der Waals surface area contributed by atoms with Gasteiger partial charge in [0.2, 0.25) is 5.91 Å². The number of nitrogens with one attached hydrogen (secondary N) is 1. The van der Waals surface area contributed by atoms with E-state index in [4.69, 9.17) is 16.3 Å². The van der Waals surface area contributed by atoms with E-state index in [0.717, 1.165) is 28.6 Å². The molecule has 0 spiro atoms. The van der Waals surface area contributed by atoms with Gasteiger partial charge in [-0.15, -0.1) is 11.3 Å². The Morgan fingerprint density at radius 3 is 2.77 bits per heavy atom. The van der Waals surface area contributed by atoms with E-state index in [-0.39, 0.29) is 17.8 Å². The molecule has 4 nitrogen and oxygen atoms in total. The summed E-state index contributed by atoms with van der Waals surface area (Å²) in [5.74, 6) is 0.616. The molecule has 1 unspecified atom stereocenters. The van der Waals surface area contributed by atoms with Gasteiger partial charge < -0.3 is 15.0 Å². The number of carbonyl (C=O) groups excluding carboxylic acids is 1. The summed E-state index contributed by atoms with van der Waals surface area (Å²) in [5, 5.41) is 3.34. The van der Waals surface area contributed by atoms with Gasteiger partial charge in [-0.05, 0) is 55.8 Å². The van der Waals surface area contributed by atoms with Crippen LogP contribution in [0.3, 0.4) is 0 Å². The first-order valence-electron chi connectivity index (χ1n) is 8.74. The Labute approximate surface area is 161 Å². The number of likely N-dealkylation sites (tertiary alicyclic amines) is 1. The predicted molar refractivity (Wildman–Crippen MR) is 102 cm³/mol. The van der Waals surface area contributed by atoms with Gasteiger partial charge in [-0.1, -0.05) is 11.6 Å². The summed E-state index contributed by atoms with van der Waals surface area (Å²) < 4.78 is 19.1. The Balaban J connectivity index is 1.35. The summed E-state index contributed by atoms with van der Waals surface area (Å²) in [5.41, 5.74) is 0. The molecule has 3 rings (SSSR count). The zero-order chi connectivity index (χ0) is 18.4. The smallest absolute Gasteiger partial charge is 0.223 e. The Bertz CT molecular complexity index is 723. The standard InChI is InChI=1S/C19H22ClFN2O2S/c20-18-7-6-17(26-18)13-23-15(3-8-19(23)24)9-10-22-11-12-25-16-4-1-14(21)2-5-16/h1-2,4-7,15,22H,3,8-13H2. The van der Waals surface area contributed by atoms with Gasteiger partial charge in [0.05, 0.1) is 10.9 Å². The minimum absolute atomic E-state index is 0.221. The molecule has 7 heteroatoms. The molecular formula is C19H22ClFN2O2S. The van der Waals surface area contributed by atoms with Crippen molar-refractivity contribution < 1.29 is 13.9 Å². The summed E-state index contributed by atoms with van der Waals surface area (Å²) in [6.45, 7) is 2.70. The molecule has 1 fully saturated rings. The summed E-state index contributed by atoms with van der Waals surface area (Å²) in [6, 6.07) is 10.1. The zero-order valence-corrected chi connectivity index (χ0v) is 16.0. The van der Waals surface area contributed by atoms with Crippen LogP contribution in [-0.2, 0) is 11.3 Å². The molecule has 1 amide bonds. The Hall–Kier alpha value is -1.63. The van der Waals surface area contributed by atoms with Crippen LogP contribution in [0.4, 0.5) is 4.39 Å². The fourth-order valence-corrected chi connectivity index (χ4v) is 4.17. The number of thiophene rings is 1. The first-order valence-corrected chi connectivity index (χ1v) is 9.94. The van der Waals surface area contributed by atoms with Crippen LogP contribution in [0.2, 0.25) is 4.34 Å². The van der Waals surface area contributed by atoms with E-state index in [1.807, 2.05) is 17.0 Å². The number of hydrogen-bond acceptors (Lipinski definition) is 4. The normalized spacial score (nSPS) is 17.1. The van der Waals surface area contributed by atoms with Crippen LogP contribution in [0, 0.1) is 5.82 Å². The van der Waals surface area contributed by atoms with Gasteiger partial charge in [0.1, 0.15) is 18.2 Å². The highest BCUT2D eigenvalue weighted by Crippen LogP contribution is 2.28. The van der Waals surface area contributed by atoms with Gasteiger partial charge >= 0.3 is 0 Å². The van der Waals surface area contributed by atoms with Crippen molar-refractivity contribution in [2.75, 3.05) is 19.7 Å². The molecule has 2 aromatic rings. The predicted octanol–water partition coefficient (Wildman–Crippen LogP) is 4.09. The van der Waals surface area contributed by atoms with Gasteiger partial charge in [-0.2, -0.15) is 0 Å². The number of rotatable bonds is 9.